The second-order valence-electron chi connectivity index (χ2n) is 2.13. The molecule has 13 heavy (non-hydrogen) atoms. The van der Waals surface area contributed by atoms with Gasteiger partial charge < -0.3 is 6.92 Å². The first kappa shape index (κ1) is 15.9. The summed E-state index contributed by atoms with van der Waals surface area (Å²) in [5.74, 6) is 0. The van der Waals surface area contributed by atoms with Gasteiger partial charge in [0.2, 0.25) is 0 Å². The van der Waals surface area contributed by atoms with Crippen molar-refractivity contribution in [1.82, 2.24) is 0 Å². The van der Waals surface area contributed by atoms with E-state index in [0.29, 0.717) is 0 Å². The molecule has 1 aromatic carbocycles. The van der Waals surface area contributed by atoms with E-state index < -0.39 is 0 Å². The second kappa shape index (κ2) is 14.9. The van der Waals surface area contributed by atoms with E-state index >= 15 is 0 Å². The summed E-state index contributed by atoms with van der Waals surface area (Å²) in [6.45, 7) is 7.56. The number of hydrogen-bond donors (Lipinski definition) is 0. The Morgan fingerprint density at radius 1 is 1.38 bits per heavy atom. The van der Waals surface area contributed by atoms with Crippen molar-refractivity contribution in [3.05, 3.63) is 42.8 Å². The fourth-order valence-corrected chi connectivity index (χ4v) is 0.470. The molecule has 76 valence electrons. The Balaban J connectivity index is 0. The van der Waals surface area contributed by atoms with Crippen LogP contribution in [0.1, 0.15) is 18.9 Å². The Bertz CT molecular complexity index is 164. The summed E-state index contributed by atoms with van der Waals surface area (Å²) in [4.78, 5) is 0. The SMILES string of the molecule is Cc1cc[c-]cc1.[CH2-]CC.[Cl][Ru+2][Cl]. The van der Waals surface area contributed by atoms with Crippen LogP contribution in [-0.2, 0) is 15.1 Å². The van der Waals surface area contributed by atoms with Gasteiger partial charge in [-0.3, -0.25) is 0 Å². The van der Waals surface area contributed by atoms with E-state index in [2.05, 4.69) is 19.9 Å². The zero-order chi connectivity index (χ0) is 10.5. The van der Waals surface area contributed by atoms with Gasteiger partial charge >= 0.3 is 34.5 Å². The van der Waals surface area contributed by atoms with Crippen molar-refractivity contribution >= 4 is 19.4 Å². The maximum absolute atomic E-state index is 4.85. The van der Waals surface area contributed by atoms with Gasteiger partial charge in [0.15, 0.2) is 0 Å². The molecule has 1 aromatic rings. The molecular formula is C10H14Cl2Ru. The molecule has 0 spiro atoms. The predicted molar refractivity (Wildman–Crippen MR) is 57.4 cm³/mol. The minimum absolute atomic E-state index is 0.346. The van der Waals surface area contributed by atoms with Crippen LogP contribution in [0, 0.1) is 19.9 Å². The van der Waals surface area contributed by atoms with Gasteiger partial charge in [0, 0.05) is 0 Å². The van der Waals surface area contributed by atoms with Crippen LogP contribution < -0.4 is 0 Å². The predicted octanol–water partition coefficient (Wildman–Crippen LogP) is 4.40. The zero-order valence-corrected chi connectivity index (χ0v) is 11.1. The first-order valence-electron chi connectivity index (χ1n) is 3.80. The Morgan fingerprint density at radius 3 is 1.85 bits per heavy atom. The molecule has 0 aliphatic heterocycles. The normalized spacial score (nSPS) is 7.46. The molecule has 0 aliphatic rings. The third-order valence-electron chi connectivity index (χ3n) is 0.885. The zero-order valence-electron chi connectivity index (χ0n) is 7.83. The standard InChI is InChI=1S/C7H7.C3H7.2ClH.Ru/c1-7-5-3-2-4-6-7;1-3-2;;;/h3-6H,1H3;1,3H2,2H3;2*1H;/q2*-1;;;+4/p-2. The number of aryl methyl sites for hydroxylation is 1. The van der Waals surface area contributed by atoms with Crippen LogP contribution in [0.5, 0.6) is 0 Å². The van der Waals surface area contributed by atoms with E-state index in [4.69, 9.17) is 19.4 Å². The Labute approximate surface area is 97.3 Å². The third-order valence-corrected chi connectivity index (χ3v) is 0.885. The number of hydrogen-bond acceptors (Lipinski definition) is 0. The molecule has 0 N–H and O–H groups in total. The molecule has 0 amide bonds. The topological polar surface area (TPSA) is 0 Å². The molecule has 0 nitrogen and oxygen atoms in total. The van der Waals surface area contributed by atoms with Crippen LogP contribution in [0.4, 0.5) is 0 Å². The summed E-state index contributed by atoms with van der Waals surface area (Å²) in [5, 5.41) is 0. The Kier molecular flexibility index (Phi) is 18.2. The molecule has 0 bridgehead atoms. The number of halogens is 2. The van der Waals surface area contributed by atoms with Crippen LogP contribution in [0.15, 0.2) is 24.3 Å². The van der Waals surface area contributed by atoms with E-state index in [1.54, 1.807) is 0 Å². The van der Waals surface area contributed by atoms with Gasteiger partial charge in [-0.1, -0.05) is 13.8 Å². The van der Waals surface area contributed by atoms with E-state index in [1.165, 1.54) is 5.56 Å². The molecule has 0 fully saturated rings. The van der Waals surface area contributed by atoms with Crippen molar-refractivity contribution in [2.24, 2.45) is 0 Å². The van der Waals surface area contributed by atoms with Gasteiger partial charge in [0.05, 0.1) is 0 Å². The summed E-state index contributed by atoms with van der Waals surface area (Å²) >= 11 is -0.346. The second-order valence-corrected chi connectivity index (χ2v) is 4.77. The average Bonchev–Trinajstić information content (AvgIpc) is 2.08. The first-order valence-corrected chi connectivity index (χ1v) is 8.27. The molecule has 0 radical (unpaired) electrons. The fourth-order valence-electron chi connectivity index (χ4n) is 0.470. The van der Waals surface area contributed by atoms with Gasteiger partial charge in [-0.2, -0.15) is 42.3 Å². The van der Waals surface area contributed by atoms with Crippen LogP contribution in [-0.4, -0.2) is 0 Å². The molecule has 0 aromatic heterocycles. The molecular weight excluding hydrogens is 292 g/mol. The third kappa shape index (κ3) is 19.0. The Hall–Kier alpha value is 0.423. The van der Waals surface area contributed by atoms with Gasteiger partial charge in [-0.05, 0) is 0 Å². The summed E-state index contributed by atoms with van der Waals surface area (Å²) in [6, 6.07) is 10.8. The van der Waals surface area contributed by atoms with Crippen LogP contribution in [0.2, 0.25) is 0 Å². The maximum atomic E-state index is 4.85. The minimum atomic E-state index is -0.346. The molecule has 3 heteroatoms. The molecule has 0 aliphatic carbocycles. The van der Waals surface area contributed by atoms with Crippen molar-refractivity contribution in [3.63, 3.8) is 0 Å². The molecule has 0 saturated heterocycles. The fraction of sp³-hybridized carbons (Fsp3) is 0.300. The number of benzene rings is 1. The van der Waals surface area contributed by atoms with Crippen molar-refractivity contribution < 1.29 is 15.1 Å². The van der Waals surface area contributed by atoms with Gasteiger partial charge in [0.25, 0.3) is 0 Å². The van der Waals surface area contributed by atoms with Crippen molar-refractivity contribution in [2.75, 3.05) is 0 Å². The molecule has 0 saturated carbocycles. The van der Waals surface area contributed by atoms with Crippen molar-refractivity contribution in [1.29, 1.82) is 0 Å². The summed E-state index contributed by atoms with van der Waals surface area (Å²) in [7, 11) is 9.71. The summed E-state index contributed by atoms with van der Waals surface area (Å²) < 4.78 is 0. The van der Waals surface area contributed by atoms with Gasteiger partial charge in [0.1, 0.15) is 0 Å². The Morgan fingerprint density at radius 2 is 1.69 bits per heavy atom. The quantitative estimate of drug-likeness (QED) is 0.492. The first-order chi connectivity index (χ1) is 6.22. The van der Waals surface area contributed by atoms with Crippen molar-refractivity contribution in [3.8, 4) is 0 Å². The van der Waals surface area contributed by atoms with E-state index in [-0.39, 0.29) is 15.1 Å². The molecule has 0 unspecified atom stereocenters. The van der Waals surface area contributed by atoms with Gasteiger partial charge in [-0.15, -0.1) is 0 Å². The number of rotatable bonds is 0. The van der Waals surface area contributed by atoms with Gasteiger partial charge in [-0.25, -0.2) is 0 Å². The van der Waals surface area contributed by atoms with E-state index in [0.717, 1.165) is 6.42 Å². The monoisotopic (exact) mass is 306 g/mol. The van der Waals surface area contributed by atoms with Crippen molar-refractivity contribution in [2.45, 2.75) is 20.3 Å². The van der Waals surface area contributed by atoms with Crippen LogP contribution in [0.25, 0.3) is 0 Å². The summed E-state index contributed by atoms with van der Waals surface area (Å²) in [5.41, 5.74) is 1.29. The van der Waals surface area contributed by atoms with Crippen LogP contribution >= 0.6 is 19.4 Å². The summed E-state index contributed by atoms with van der Waals surface area (Å²) in [6.07, 6.45) is 1.00. The molecule has 0 heterocycles. The average molecular weight is 306 g/mol. The van der Waals surface area contributed by atoms with Crippen LogP contribution in [0.3, 0.4) is 0 Å². The molecule has 1 rings (SSSR count). The molecule has 0 atom stereocenters. The van der Waals surface area contributed by atoms with E-state index in [1.807, 2.05) is 31.2 Å². The van der Waals surface area contributed by atoms with E-state index in [9.17, 15) is 0 Å².